The molecule has 4 rings (SSSR count). The topological polar surface area (TPSA) is 110 Å². The molecule has 2 fully saturated rings. The number of para-hydroxylation sites is 2. The van der Waals surface area contributed by atoms with Crippen LogP contribution in [0.1, 0.15) is 35.4 Å². The third kappa shape index (κ3) is 3.29. The highest BCUT2D eigenvalue weighted by Gasteiger charge is 2.33. The minimum Gasteiger partial charge on any atom is -0.336 e. The third-order valence-corrected chi connectivity index (χ3v) is 5.43. The van der Waals surface area contributed by atoms with Crippen LogP contribution >= 0.6 is 0 Å². The lowest BCUT2D eigenvalue weighted by Crippen LogP contribution is -2.41. The number of rotatable bonds is 3. The zero-order chi connectivity index (χ0) is 19.8. The molecule has 1 aromatic carbocycles. The third-order valence-electron chi connectivity index (χ3n) is 5.43. The van der Waals surface area contributed by atoms with Gasteiger partial charge in [-0.2, -0.15) is 5.10 Å². The lowest BCUT2D eigenvalue weighted by molar-refractivity contribution is -0.384. The Hall–Kier alpha value is -3.07. The second-order valence-corrected chi connectivity index (χ2v) is 7.33. The number of nitro groups is 1. The summed E-state index contributed by atoms with van der Waals surface area (Å²) in [5.41, 5.74) is -0.180. The molecule has 2 saturated heterocycles. The number of amides is 1. The van der Waals surface area contributed by atoms with Crippen LogP contribution in [0.2, 0.25) is 0 Å². The van der Waals surface area contributed by atoms with Gasteiger partial charge in [-0.3, -0.25) is 19.7 Å². The number of aryl methyl sites for hydroxylation is 1. The number of benzene rings is 1. The second-order valence-electron chi connectivity index (χ2n) is 7.33. The Kier molecular flexibility index (Phi) is 4.68. The zero-order valence-corrected chi connectivity index (χ0v) is 15.5. The Morgan fingerprint density at radius 3 is 2.79 bits per heavy atom. The number of nitrogens with zero attached hydrogens (tertiary/aromatic N) is 4. The van der Waals surface area contributed by atoms with E-state index < -0.39 is 16.3 Å². The predicted molar refractivity (Wildman–Crippen MR) is 102 cm³/mol. The van der Waals surface area contributed by atoms with Crippen LogP contribution in [0.5, 0.6) is 0 Å². The van der Waals surface area contributed by atoms with Gasteiger partial charge in [-0.1, -0.05) is 12.1 Å². The van der Waals surface area contributed by atoms with Crippen molar-refractivity contribution in [2.24, 2.45) is 0 Å². The van der Waals surface area contributed by atoms with Gasteiger partial charge in [0.2, 0.25) is 5.43 Å². The minimum absolute atomic E-state index is 0.142. The summed E-state index contributed by atoms with van der Waals surface area (Å²) in [7, 11) is 0. The van der Waals surface area contributed by atoms with Crippen LogP contribution in [0, 0.1) is 17.0 Å². The number of carbonyl (C=O) groups excluding carboxylic acids is 1. The van der Waals surface area contributed by atoms with Crippen molar-refractivity contribution in [1.29, 1.82) is 0 Å². The van der Waals surface area contributed by atoms with Gasteiger partial charge < -0.3 is 10.2 Å². The fourth-order valence-corrected chi connectivity index (χ4v) is 4.01. The SMILES string of the molecule is Cc1cc(=O)c(C(=O)N2CCC3CCC(C2)N3)nn1-c1ccccc1[N+](=O)[O-]. The minimum atomic E-state index is -0.507. The standard InChI is InChI=1S/C19H21N5O4/c1-12-10-17(25)18(19(26)22-9-8-13-6-7-14(11-22)20-13)21-23(12)15-4-2-3-5-16(15)24(27)28/h2-5,10,13-14,20H,6-9,11H2,1H3. The molecular weight excluding hydrogens is 362 g/mol. The fourth-order valence-electron chi connectivity index (χ4n) is 4.01. The maximum atomic E-state index is 13.1. The largest absolute Gasteiger partial charge is 0.336 e. The predicted octanol–water partition coefficient (Wildman–Crippen LogP) is 1.42. The first kappa shape index (κ1) is 18.3. The van der Waals surface area contributed by atoms with Gasteiger partial charge in [0.25, 0.3) is 11.6 Å². The molecule has 2 aliphatic heterocycles. The van der Waals surface area contributed by atoms with Crippen molar-refractivity contribution in [3.05, 3.63) is 62.1 Å². The van der Waals surface area contributed by atoms with Crippen molar-refractivity contribution in [3.8, 4) is 5.69 Å². The highest BCUT2D eigenvalue weighted by atomic mass is 16.6. The molecule has 0 spiro atoms. The van der Waals surface area contributed by atoms with Crippen LogP contribution in [0.25, 0.3) is 5.69 Å². The molecule has 146 valence electrons. The smallest absolute Gasteiger partial charge is 0.294 e. The van der Waals surface area contributed by atoms with Gasteiger partial charge in [0.05, 0.1) is 4.92 Å². The Labute approximate surface area is 161 Å². The van der Waals surface area contributed by atoms with Crippen molar-refractivity contribution in [2.45, 2.75) is 38.3 Å². The number of fused-ring (bicyclic) bond motifs is 2. The monoisotopic (exact) mass is 383 g/mol. The fraction of sp³-hybridized carbons (Fsp3) is 0.421. The van der Waals surface area contributed by atoms with Crippen molar-refractivity contribution in [2.75, 3.05) is 13.1 Å². The molecule has 2 atom stereocenters. The Morgan fingerprint density at radius 2 is 2.00 bits per heavy atom. The summed E-state index contributed by atoms with van der Waals surface area (Å²) in [6.45, 7) is 2.73. The molecule has 0 saturated carbocycles. The van der Waals surface area contributed by atoms with E-state index in [4.69, 9.17) is 0 Å². The highest BCUT2D eigenvalue weighted by Crippen LogP contribution is 2.23. The van der Waals surface area contributed by atoms with Crippen molar-refractivity contribution in [3.63, 3.8) is 0 Å². The van der Waals surface area contributed by atoms with Crippen LogP contribution in [0.15, 0.2) is 35.1 Å². The first-order chi connectivity index (χ1) is 13.4. The molecular formula is C19H21N5O4. The number of carbonyl (C=O) groups is 1. The summed E-state index contributed by atoms with van der Waals surface area (Å²) in [6.07, 6.45) is 2.96. The van der Waals surface area contributed by atoms with E-state index in [1.807, 2.05) is 0 Å². The van der Waals surface area contributed by atoms with E-state index >= 15 is 0 Å². The number of nitro benzene ring substituents is 1. The van der Waals surface area contributed by atoms with E-state index in [2.05, 4.69) is 10.4 Å². The number of nitrogens with one attached hydrogen (secondary N) is 1. The Balaban J connectivity index is 1.73. The maximum Gasteiger partial charge on any atom is 0.294 e. The molecule has 2 bridgehead atoms. The van der Waals surface area contributed by atoms with Crippen molar-refractivity contribution in [1.82, 2.24) is 20.0 Å². The quantitative estimate of drug-likeness (QED) is 0.634. The van der Waals surface area contributed by atoms with E-state index in [9.17, 15) is 19.7 Å². The van der Waals surface area contributed by atoms with Gasteiger partial charge in [-0.05, 0) is 32.3 Å². The van der Waals surface area contributed by atoms with Gasteiger partial charge in [0.15, 0.2) is 5.69 Å². The van der Waals surface area contributed by atoms with E-state index in [-0.39, 0.29) is 23.1 Å². The zero-order valence-electron chi connectivity index (χ0n) is 15.5. The van der Waals surface area contributed by atoms with Gasteiger partial charge >= 0.3 is 0 Å². The normalized spacial score (nSPS) is 21.4. The highest BCUT2D eigenvalue weighted by molar-refractivity contribution is 5.92. The summed E-state index contributed by atoms with van der Waals surface area (Å²) >= 11 is 0. The molecule has 2 aliphatic rings. The summed E-state index contributed by atoms with van der Waals surface area (Å²) in [5.74, 6) is -0.424. The summed E-state index contributed by atoms with van der Waals surface area (Å²) in [4.78, 5) is 38.1. The van der Waals surface area contributed by atoms with Crippen molar-refractivity contribution >= 4 is 11.6 Å². The molecule has 1 amide bonds. The summed E-state index contributed by atoms with van der Waals surface area (Å²) in [6, 6.07) is 8.08. The van der Waals surface area contributed by atoms with Gasteiger partial charge in [-0.25, -0.2) is 4.68 Å². The molecule has 0 aliphatic carbocycles. The molecule has 2 aromatic rings. The number of aromatic nitrogens is 2. The number of likely N-dealkylation sites (tertiary alicyclic amines) is 1. The molecule has 3 heterocycles. The van der Waals surface area contributed by atoms with E-state index in [0.717, 1.165) is 19.3 Å². The van der Waals surface area contributed by atoms with Crippen LogP contribution in [-0.2, 0) is 0 Å². The average Bonchev–Trinajstić information content (AvgIpc) is 3.00. The molecule has 1 aromatic heterocycles. The Morgan fingerprint density at radius 1 is 1.25 bits per heavy atom. The number of hydrogen-bond acceptors (Lipinski definition) is 6. The molecule has 1 N–H and O–H groups in total. The summed E-state index contributed by atoms with van der Waals surface area (Å²) in [5, 5.41) is 19.1. The molecule has 2 unspecified atom stereocenters. The van der Waals surface area contributed by atoms with E-state index in [0.29, 0.717) is 24.8 Å². The van der Waals surface area contributed by atoms with Gasteiger partial charge in [0, 0.05) is 43.0 Å². The van der Waals surface area contributed by atoms with Crippen LogP contribution in [0.3, 0.4) is 0 Å². The first-order valence-electron chi connectivity index (χ1n) is 9.34. The maximum absolute atomic E-state index is 13.1. The lowest BCUT2D eigenvalue weighted by atomic mass is 10.1. The van der Waals surface area contributed by atoms with E-state index in [1.54, 1.807) is 30.0 Å². The van der Waals surface area contributed by atoms with Gasteiger partial charge in [-0.15, -0.1) is 0 Å². The molecule has 9 heteroatoms. The van der Waals surface area contributed by atoms with Crippen LogP contribution < -0.4 is 10.7 Å². The lowest BCUT2D eigenvalue weighted by Gasteiger charge is -2.24. The van der Waals surface area contributed by atoms with Crippen LogP contribution in [-0.4, -0.2) is 50.7 Å². The average molecular weight is 383 g/mol. The number of hydrogen-bond donors (Lipinski definition) is 1. The second kappa shape index (κ2) is 7.16. The van der Waals surface area contributed by atoms with Crippen molar-refractivity contribution < 1.29 is 9.72 Å². The molecule has 0 radical (unpaired) electrons. The van der Waals surface area contributed by atoms with Gasteiger partial charge in [0.1, 0.15) is 5.69 Å². The molecule has 9 nitrogen and oxygen atoms in total. The Bertz CT molecular complexity index is 1000. The summed E-state index contributed by atoms with van der Waals surface area (Å²) < 4.78 is 1.30. The van der Waals surface area contributed by atoms with Crippen LogP contribution in [0.4, 0.5) is 5.69 Å². The first-order valence-corrected chi connectivity index (χ1v) is 9.34. The van der Waals surface area contributed by atoms with E-state index in [1.165, 1.54) is 16.8 Å². The molecule has 28 heavy (non-hydrogen) atoms.